The van der Waals surface area contributed by atoms with Crippen molar-refractivity contribution in [1.29, 1.82) is 0 Å². The summed E-state index contributed by atoms with van der Waals surface area (Å²) in [5, 5.41) is 27.6. The second-order valence-electron chi connectivity index (χ2n) is 7.05. The Balaban J connectivity index is 4.09. The van der Waals surface area contributed by atoms with Crippen molar-refractivity contribution in [3.63, 3.8) is 0 Å². The van der Waals surface area contributed by atoms with Gasteiger partial charge in [-0.05, 0) is 25.0 Å². The van der Waals surface area contributed by atoms with Crippen molar-refractivity contribution >= 4 is 35.0 Å². The minimum atomic E-state index is -1.29. The average molecular weight is 403 g/mol. The lowest BCUT2D eigenvalue weighted by Crippen LogP contribution is -2.39. The summed E-state index contributed by atoms with van der Waals surface area (Å²) in [5.41, 5.74) is 8.11. The summed E-state index contributed by atoms with van der Waals surface area (Å²) in [6, 6.07) is 0. The van der Waals surface area contributed by atoms with E-state index in [9.17, 15) is 19.5 Å². The van der Waals surface area contributed by atoms with Gasteiger partial charge in [0.05, 0.1) is 13.0 Å². The van der Waals surface area contributed by atoms with Crippen molar-refractivity contribution in [2.75, 3.05) is 18.1 Å². The van der Waals surface area contributed by atoms with Crippen LogP contribution in [0.2, 0.25) is 0 Å². The molecule has 1 atom stereocenters. The van der Waals surface area contributed by atoms with E-state index in [4.69, 9.17) is 15.7 Å². The second-order valence-corrected chi connectivity index (χ2v) is 8.28. The molecule has 0 aliphatic heterocycles. The standard InChI is InChI=1S/C18H30N2O6S/c1-18(2,12-21)17(26)15(23)7-5-6-14(22)13(20-19)9-11-27-10-4-3-8-16(24)25/h17,21,26H,3-12H2,1-2H3,(H,24,25). The fourth-order valence-corrected chi connectivity index (χ4v) is 3.17. The molecule has 0 aromatic carbocycles. The quantitative estimate of drug-likeness (QED) is 0.154. The summed E-state index contributed by atoms with van der Waals surface area (Å²) in [6.45, 7) is 2.83. The van der Waals surface area contributed by atoms with Crippen molar-refractivity contribution in [3.05, 3.63) is 5.53 Å². The lowest BCUT2D eigenvalue weighted by Gasteiger charge is -2.26. The number of carbonyl (C=O) groups excluding carboxylic acids is 2. The molecule has 0 amide bonds. The minimum Gasteiger partial charge on any atom is -0.481 e. The largest absolute Gasteiger partial charge is 0.481 e. The molecular formula is C18H30N2O6S. The van der Waals surface area contributed by atoms with E-state index in [0.717, 1.165) is 12.2 Å². The van der Waals surface area contributed by atoms with Crippen molar-refractivity contribution in [3.8, 4) is 0 Å². The van der Waals surface area contributed by atoms with Gasteiger partial charge in [-0.15, -0.1) is 0 Å². The maximum atomic E-state index is 12.0. The van der Waals surface area contributed by atoms with E-state index in [2.05, 4.69) is 4.79 Å². The van der Waals surface area contributed by atoms with Gasteiger partial charge in [-0.3, -0.25) is 14.4 Å². The van der Waals surface area contributed by atoms with Crippen LogP contribution < -0.4 is 0 Å². The van der Waals surface area contributed by atoms with Crippen LogP contribution in [-0.2, 0) is 14.4 Å². The third kappa shape index (κ3) is 11.0. The van der Waals surface area contributed by atoms with Gasteiger partial charge in [0.15, 0.2) is 5.78 Å². The first-order chi connectivity index (χ1) is 12.7. The van der Waals surface area contributed by atoms with Crippen LogP contribution in [0.3, 0.4) is 0 Å². The Morgan fingerprint density at radius 2 is 1.70 bits per heavy atom. The molecule has 0 spiro atoms. The number of Topliss-reactive ketones (excluding diaryl/α,β-unsaturated/α-hetero) is 2. The predicted octanol–water partition coefficient (Wildman–Crippen LogP) is 1.72. The predicted molar refractivity (Wildman–Crippen MR) is 103 cm³/mol. The van der Waals surface area contributed by atoms with Crippen LogP contribution in [0.5, 0.6) is 0 Å². The lowest BCUT2D eigenvalue weighted by atomic mass is 9.84. The number of hydrogen-bond donors (Lipinski definition) is 3. The van der Waals surface area contributed by atoms with Crippen LogP contribution in [0.4, 0.5) is 0 Å². The molecule has 0 rings (SSSR count). The van der Waals surface area contributed by atoms with Gasteiger partial charge < -0.3 is 20.9 Å². The SMILES string of the molecule is CC(C)(CO)C(O)C(=O)CCCC(=O)C(CCSCCCCC(=O)O)=[N+]=[N-]. The molecule has 0 radical (unpaired) electrons. The van der Waals surface area contributed by atoms with Crippen molar-refractivity contribution in [1.82, 2.24) is 0 Å². The van der Waals surface area contributed by atoms with Crippen LogP contribution in [0.15, 0.2) is 0 Å². The average Bonchev–Trinajstić information content (AvgIpc) is 2.62. The van der Waals surface area contributed by atoms with E-state index in [1.807, 2.05) is 0 Å². The smallest absolute Gasteiger partial charge is 0.335 e. The monoisotopic (exact) mass is 402 g/mol. The number of aliphatic hydroxyl groups is 2. The van der Waals surface area contributed by atoms with Crippen LogP contribution in [0, 0.1) is 5.41 Å². The molecule has 8 nitrogen and oxygen atoms in total. The fraction of sp³-hybridized carbons (Fsp3) is 0.778. The van der Waals surface area contributed by atoms with Gasteiger partial charge >= 0.3 is 11.7 Å². The molecule has 0 heterocycles. The Morgan fingerprint density at radius 1 is 1.04 bits per heavy atom. The maximum Gasteiger partial charge on any atom is 0.335 e. The van der Waals surface area contributed by atoms with Crippen LogP contribution in [0.1, 0.15) is 58.8 Å². The van der Waals surface area contributed by atoms with E-state index >= 15 is 0 Å². The molecular weight excluding hydrogens is 372 g/mol. The number of hydrogen-bond acceptors (Lipinski definition) is 6. The third-order valence-electron chi connectivity index (χ3n) is 4.13. The van der Waals surface area contributed by atoms with Crippen LogP contribution >= 0.6 is 11.8 Å². The molecule has 0 aliphatic rings. The first-order valence-corrected chi connectivity index (χ1v) is 10.2. The summed E-state index contributed by atoms with van der Waals surface area (Å²) < 4.78 is 0. The third-order valence-corrected chi connectivity index (χ3v) is 5.20. The number of carbonyl (C=O) groups is 3. The Labute approximate surface area is 164 Å². The van der Waals surface area contributed by atoms with Gasteiger partial charge in [0.25, 0.3) is 0 Å². The maximum absolute atomic E-state index is 12.0. The lowest BCUT2D eigenvalue weighted by molar-refractivity contribution is -0.137. The van der Waals surface area contributed by atoms with Crippen molar-refractivity contribution < 1.29 is 34.5 Å². The van der Waals surface area contributed by atoms with Gasteiger partial charge in [-0.25, -0.2) is 0 Å². The molecule has 1 unspecified atom stereocenters. The molecule has 0 aliphatic carbocycles. The van der Waals surface area contributed by atoms with Crippen LogP contribution in [0.25, 0.3) is 5.53 Å². The number of ketones is 2. The van der Waals surface area contributed by atoms with Crippen molar-refractivity contribution in [2.24, 2.45) is 5.41 Å². The molecule has 0 aromatic rings. The van der Waals surface area contributed by atoms with E-state index in [1.165, 1.54) is 0 Å². The van der Waals surface area contributed by atoms with Gasteiger partial charge in [-0.2, -0.15) is 16.6 Å². The zero-order chi connectivity index (χ0) is 20.9. The van der Waals surface area contributed by atoms with E-state index in [1.54, 1.807) is 25.6 Å². The summed E-state index contributed by atoms with van der Waals surface area (Å²) in [4.78, 5) is 37.4. The number of unbranched alkanes of at least 4 members (excludes halogenated alkanes) is 1. The van der Waals surface area contributed by atoms with Gasteiger partial charge in [0.1, 0.15) is 6.10 Å². The topological polar surface area (TPSA) is 148 Å². The number of nitrogens with zero attached hydrogens (tertiary/aromatic N) is 2. The minimum absolute atomic E-state index is 0.00731. The number of carboxylic acids is 1. The molecule has 3 N–H and O–H groups in total. The Morgan fingerprint density at radius 3 is 2.26 bits per heavy atom. The molecule has 9 heteroatoms. The zero-order valence-electron chi connectivity index (χ0n) is 16.0. The van der Waals surface area contributed by atoms with Crippen LogP contribution in [-0.4, -0.2) is 67.6 Å². The highest BCUT2D eigenvalue weighted by atomic mass is 32.2. The second kappa shape index (κ2) is 13.6. The number of thioether (sulfide) groups is 1. The molecule has 154 valence electrons. The first-order valence-electron chi connectivity index (χ1n) is 9.01. The molecule has 0 saturated carbocycles. The summed E-state index contributed by atoms with van der Waals surface area (Å²) in [5.74, 6) is -0.228. The normalized spacial score (nSPS) is 12.3. The molecule has 0 saturated heterocycles. The Kier molecular flexibility index (Phi) is 12.8. The Hall–Kier alpha value is -1.54. The van der Waals surface area contributed by atoms with Gasteiger partial charge in [-0.1, -0.05) is 13.8 Å². The first kappa shape index (κ1) is 25.5. The fourth-order valence-electron chi connectivity index (χ4n) is 2.22. The zero-order valence-corrected chi connectivity index (χ0v) is 16.8. The Bertz CT molecular complexity index is 558. The van der Waals surface area contributed by atoms with Gasteiger partial charge in [0.2, 0.25) is 5.78 Å². The summed E-state index contributed by atoms with van der Waals surface area (Å²) in [6.07, 6.45) is 0.811. The highest BCUT2D eigenvalue weighted by molar-refractivity contribution is 7.99. The molecule has 0 bridgehead atoms. The summed E-state index contributed by atoms with van der Waals surface area (Å²) >= 11 is 1.56. The highest BCUT2D eigenvalue weighted by Gasteiger charge is 2.32. The molecule has 27 heavy (non-hydrogen) atoms. The number of rotatable bonds is 16. The van der Waals surface area contributed by atoms with E-state index in [-0.39, 0.29) is 43.8 Å². The van der Waals surface area contributed by atoms with E-state index < -0.39 is 23.3 Å². The highest BCUT2D eigenvalue weighted by Crippen LogP contribution is 2.21. The van der Waals surface area contributed by atoms with E-state index in [0.29, 0.717) is 18.6 Å². The number of carboxylic acid groups (broad SMARTS) is 1. The number of aliphatic carboxylic acids is 1. The summed E-state index contributed by atoms with van der Waals surface area (Å²) in [7, 11) is 0. The molecule has 0 aromatic heterocycles. The molecule has 0 fully saturated rings. The number of aliphatic hydroxyl groups excluding tert-OH is 2. The van der Waals surface area contributed by atoms with Gasteiger partial charge in [0, 0.05) is 30.4 Å². The van der Waals surface area contributed by atoms with Crippen molar-refractivity contribution in [2.45, 2.75) is 64.9 Å².